The van der Waals surface area contributed by atoms with E-state index in [4.69, 9.17) is 18.7 Å². The molecule has 0 amide bonds. The molecule has 2 heterocycles. The second kappa shape index (κ2) is 9.01. The van der Waals surface area contributed by atoms with E-state index in [1.54, 1.807) is 32.4 Å². The van der Waals surface area contributed by atoms with Crippen LogP contribution in [0, 0.1) is 19.7 Å². The van der Waals surface area contributed by atoms with Crippen molar-refractivity contribution in [3.05, 3.63) is 65.4 Å². The second-order valence-electron chi connectivity index (χ2n) is 6.91. The van der Waals surface area contributed by atoms with Crippen molar-refractivity contribution < 1.29 is 23.1 Å². The van der Waals surface area contributed by atoms with E-state index < -0.39 is 0 Å². The summed E-state index contributed by atoms with van der Waals surface area (Å²) in [5.41, 5.74) is 2.85. The maximum absolute atomic E-state index is 13.2. The first-order valence-corrected chi connectivity index (χ1v) is 9.78. The smallest absolute Gasteiger partial charge is 0.264 e. The Morgan fingerprint density at radius 3 is 2.41 bits per heavy atom. The Balaban J connectivity index is 1.56. The van der Waals surface area contributed by atoms with Crippen LogP contribution in [-0.4, -0.2) is 34.3 Å². The van der Waals surface area contributed by atoms with Gasteiger partial charge in [0.15, 0.2) is 23.9 Å². The molecular formula is C23H21FN4O4. The quantitative estimate of drug-likeness (QED) is 0.417. The Bertz CT molecular complexity index is 1240. The van der Waals surface area contributed by atoms with Crippen molar-refractivity contribution in [3.63, 3.8) is 0 Å². The van der Waals surface area contributed by atoms with Crippen molar-refractivity contribution in [2.75, 3.05) is 14.2 Å². The molecule has 0 aliphatic carbocycles. The summed E-state index contributed by atoms with van der Waals surface area (Å²) >= 11 is 0. The summed E-state index contributed by atoms with van der Waals surface area (Å²) in [7, 11) is 3.10. The maximum Gasteiger partial charge on any atom is 0.264 e. The van der Waals surface area contributed by atoms with Gasteiger partial charge in [0, 0.05) is 16.8 Å². The van der Waals surface area contributed by atoms with Crippen molar-refractivity contribution in [1.82, 2.24) is 20.1 Å². The Kier molecular flexibility index (Phi) is 5.98. The highest BCUT2D eigenvalue weighted by Gasteiger charge is 2.18. The van der Waals surface area contributed by atoms with E-state index >= 15 is 0 Å². The summed E-state index contributed by atoms with van der Waals surface area (Å²) in [5, 5.41) is 4.03. The minimum absolute atomic E-state index is 0.0133. The van der Waals surface area contributed by atoms with E-state index in [0.29, 0.717) is 40.2 Å². The van der Waals surface area contributed by atoms with Gasteiger partial charge in [-0.05, 0) is 50.2 Å². The maximum atomic E-state index is 13.2. The summed E-state index contributed by atoms with van der Waals surface area (Å²) in [4.78, 5) is 13.4. The standard InChI is InChI=1S/C23H21FN4O4/c1-13-14(2)25-21(15-8-10-16(24)11-9-15)27-23(13)31-12-19-26-22(28-32-19)17-6-5-7-18(29-3)20(17)30-4/h5-11H,12H2,1-4H3. The van der Waals surface area contributed by atoms with E-state index in [9.17, 15) is 4.39 Å². The lowest BCUT2D eigenvalue weighted by molar-refractivity contribution is 0.234. The van der Waals surface area contributed by atoms with E-state index in [1.165, 1.54) is 12.1 Å². The van der Waals surface area contributed by atoms with Gasteiger partial charge in [-0.25, -0.2) is 9.37 Å². The number of nitrogens with zero attached hydrogens (tertiary/aromatic N) is 4. The van der Waals surface area contributed by atoms with Gasteiger partial charge in [0.1, 0.15) is 5.82 Å². The van der Waals surface area contributed by atoms with E-state index in [2.05, 4.69) is 20.1 Å². The number of aromatic nitrogens is 4. The van der Waals surface area contributed by atoms with Crippen molar-refractivity contribution in [3.8, 4) is 40.2 Å². The molecule has 32 heavy (non-hydrogen) atoms. The van der Waals surface area contributed by atoms with E-state index in [-0.39, 0.29) is 18.3 Å². The van der Waals surface area contributed by atoms with Crippen molar-refractivity contribution in [2.24, 2.45) is 0 Å². The van der Waals surface area contributed by atoms with Gasteiger partial charge in [-0.1, -0.05) is 11.2 Å². The molecule has 0 spiro atoms. The molecule has 0 unspecified atom stereocenters. The second-order valence-corrected chi connectivity index (χ2v) is 6.91. The van der Waals surface area contributed by atoms with Crippen LogP contribution in [0.1, 0.15) is 17.1 Å². The van der Waals surface area contributed by atoms with Gasteiger partial charge < -0.3 is 18.7 Å². The fourth-order valence-electron chi connectivity index (χ4n) is 3.09. The average Bonchev–Trinajstić information content (AvgIpc) is 3.28. The number of rotatable bonds is 7. The molecule has 9 heteroatoms. The van der Waals surface area contributed by atoms with Crippen LogP contribution in [0.5, 0.6) is 17.4 Å². The number of para-hydroxylation sites is 1. The highest BCUT2D eigenvalue weighted by Crippen LogP contribution is 2.36. The van der Waals surface area contributed by atoms with Crippen molar-refractivity contribution in [2.45, 2.75) is 20.5 Å². The Morgan fingerprint density at radius 2 is 1.69 bits per heavy atom. The molecule has 0 aliphatic rings. The normalized spacial score (nSPS) is 10.8. The SMILES string of the molecule is COc1cccc(-c2noc(COc3nc(-c4ccc(F)cc4)nc(C)c3C)n2)c1OC. The number of hydrogen-bond donors (Lipinski definition) is 0. The summed E-state index contributed by atoms with van der Waals surface area (Å²) < 4.78 is 35.2. The number of ether oxygens (including phenoxy) is 3. The molecule has 0 bridgehead atoms. The highest BCUT2D eigenvalue weighted by atomic mass is 19.1. The lowest BCUT2D eigenvalue weighted by Gasteiger charge is -2.10. The van der Waals surface area contributed by atoms with E-state index in [0.717, 1.165) is 11.3 Å². The Hall–Kier alpha value is -4.01. The molecule has 0 saturated carbocycles. The van der Waals surface area contributed by atoms with Gasteiger partial charge >= 0.3 is 0 Å². The first kappa shape index (κ1) is 21.2. The van der Waals surface area contributed by atoms with Crippen LogP contribution in [0.2, 0.25) is 0 Å². The molecule has 0 fully saturated rings. The summed E-state index contributed by atoms with van der Waals surface area (Å²) in [5.74, 6) is 2.19. The molecule has 0 aliphatic heterocycles. The Labute approximate surface area is 184 Å². The molecule has 164 valence electrons. The van der Waals surface area contributed by atoms with Crippen LogP contribution in [0.3, 0.4) is 0 Å². The van der Waals surface area contributed by atoms with Gasteiger partial charge in [-0.2, -0.15) is 9.97 Å². The van der Waals surface area contributed by atoms with Gasteiger partial charge in [-0.3, -0.25) is 0 Å². The molecule has 0 atom stereocenters. The summed E-state index contributed by atoms with van der Waals surface area (Å²) in [6.45, 7) is 3.73. The van der Waals surface area contributed by atoms with Crippen LogP contribution < -0.4 is 14.2 Å². The zero-order chi connectivity index (χ0) is 22.7. The Morgan fingerprint density at radius 1 is 0.906 bits per heavy atom. The topological polar surface area (TPSA) is 92.4 Å². The average molecular weight is 436 g/mol. The van der Waals surface area contributed by atoms with Crippen LogP contribution in [0.4, 0.5) is 4.39 Å². The molecule has 4 rings (SSSR count). The lowest BCUT2D eigenvalue weighted by Crippen LogP contribution is -2.04. The van der Waals surface area contributed by atoms with Gasteiger partial charge in [0.25, 0.3) is 5.89 Å². The lowest BCUT2D eigenvalue weighted by atomic mass is 10.1. The van der Waals surface area contributed by atoms with Crippen LogP contribution in [0.25, 0.3) is 22.8 Å². The molecular weight excluding hydrogens is 415 g/mol. The molecule has 0 radical (unpaired) electrons. The number of benzene rings is 2. The molecule has 0 saturated heterocycles. The molecule has 8 nitrogen and oxygen atoms in total. The third-order valence-electron chi connectivity index (χ3n) is 4.89. The molecule has 0 N–H and O–H groups in total. The third-order valence-corrected chi connectivity index (χ3v) is 4.89. The molecule has 2 aromatic carbocycles. The highest BCUT2D eigenvalue weighted by molar-refractivity contribution is 5.68. The van der Waals surface area contributed by atoms with Crippen molar-refractivity contribution >= 4 is 0 Å². The van der Waals surface area contributed by atoms with Gasteiger partial charge in [-0.15, -0.1) is 0 Å². The summed E-state index contributed by atoms with van der Waals surface area (Å²) in [6.07, 6.45) is 0. The van der Waals surface area contributed by atoms with Crippen molar-refractivity contribution in [1.29, 1.82) is 0 Å². The summed E-state index contributed by atoms with van der Waals surface area (Å²) in [6, 6.07) is 11.4. The molecule has 4 aromatic rings. The van der Waals surface area contributed by atoms with Crippen LogP contribution in [0.15, 0.2) is 47.0 Å². The minimum Gasteiger partial charge on any atom is -0.493 e. The minimum atomic E-state index is -0.325. The van der Waals surface area contributed by atoms with Gasteiger partial charge in [0.05, 0.1) is 19.8 Å². The van der Waals surface area contributed by atoms with Gasteiger partial charge in [0.2, 0.25) is 11.7 Å². The fourth-order valence-corrected chi connectivity index (χ4v) is 3.09. The largest absolute Gasteiger partial charge is 0.493 e. The van der Waals surface area contributed by atoms with Crippen LogP contribution in [-0.2, 0) is 6.61 Å². The number of hydrogen-bond acceptors (Lipinski definition) is 8. The van der Waals surface area contributed by atoms with E-state index in [1.807, 2.05) is 26.0 Å². The number of halogens is 1. The third kappa shape index (κ3) is 4.22. The zero-order valence-corrected chi connectivity index (χ0v) is 18.0. The fraction of sp³-hybridized carbons (Fsp3) is 0.217. The molecule has 2 aromatic heterocycles. The number of methoxy groups -OCH3 is 2. The predicted molar refractivity (Wildman–Crippen MR) is 114 cm³/mol. The predicted octanol–water partition coefficient (Wildman–Crippen LogP) is 4.55. The monoisotopic (exact) mass is 436 g/mol. The first-order valence-electron chi connectivity index (χ1n) is 9.78. The zero-order valence-electron chi connectivity index (χ0n) is 18.0. The van der Waals surface area contributed by atoms with Crippen LogP contribution >= 0.6 is 0 Å². The first-order chi connectivity index (χ1) is 15.5. The number of aryl methyl sites for hydroxylation is 1.